The van der Waals surface area contributed by atoms with Crippen molar-refractivity contribution in [3.63, 3.8) is 0 Å². The third kappa shape index (κ3) is 5.34. The zero-order valence-electron chi connectivity index (χ0n) is 11.9. The molecule has 114 valence electrons. The van der Waals surface area contributed by atoms with Crippen molar-refractivity contribution in [1.82, 2.24) is 0 Å². The highest BCUT2D eigenvalue weighted by molar-refractivity contribution is 14.1. The van der Waals surface area contributed by atoms with E-state index in [1.807, 2.05) is 48.5 Å². The van der Waals surface area contributed by atoms with E-state index >= 15 is 0 Å². The molecule has 2 rings (SSSR count). The summed E-state index contributed by atoms with van der Waals surface area (Å²) in [7, 11) is 0. The third-order valence-electron chi connectivity index (χ3n) is 2.66. The molecule has 2 N–H and O–H groups in total. The number of halogens is 1. The smallest absolute Gasteiger partial charge is 0.234 e. The molecule has 0 radical (unpaired) electrons. The van der Waals surface area contributed by atoms with E-state index in [0.717, 1.165) is 19.8 Å². The van der Waals surface area contributed by atoms with Crippen LogP contribution < -0.4 is 10.6 Å². The quantitative estimate of drug-likeness (QED) is 0.562. The number of amides is 2. The van der Waals surface area contributed by atoms with Crippen LogP contribution in [-0.2, 0) is 9.59 Å². The van der Waals surface area contributed by atoms with Gasteiger partial charge in [0.15, 0.2) is 0 Å². The summed E-state index contributed by atoms with van der Waals surface area (Å²) >= 11 is 3.59. The molecule has 0 saturated heterocycles. The second-order valence-electron chi connectivity index (χ2n) is 4.52. The molecule has 0 fully saturated rings. The Kier molecular flexibility index (Phi) is 6.26. The Balaban J connectivity index is 1.95. The molecule has 0 aromatic heterocycles. The molecule has 0 saturated carbocycles. The van der Waals surface area contributed by atoms with Gasteiger partial charge in [0.25, 0.3) is 0 Å². The summed E-state index contributed by atoms with van der Waals surface area (Å²) < 4.78 is 1.07. The zero-order chi connectivity index (χ0) is 15.9. The average Bonchev–Trinajstić information content (AvgIpc) is 2.46. The summed E-state index contributed by atoms with van der Waals surface area (Å²) in [5, 5.41) is 5.62. The van der Waals surface area contributed by atoms with Crippen molar-refractivity contribution in [1.29, 1.82) is 0 Å². The van der Waals surface area contributed by atoms with Crippen molar-refractivity contribution in [3.05, 3.63) is 52.1 Å². The van der Waals surface area contributed by atoms with Gasteiger partial charge < -0.3 is 10.6 Å². The molecular formula is C16H15IN2O2S. The summed E-state index contributed by atoms with van der Waals surface area (Å²) in [5.74, 6) is 0.0724. The lowest BCUT2D eigenvalue weighted by Crippen LogP contribution is -2.14. The van der Waals surface area contributed by atoms with Gasteiger partial charge >= 0.3 is 0 Å². The topological polar surface area (TPSA) is 58.2 Å². The van der Waals surface area contributed by atoms with E-state index in [0.29, 0.717) is 0 Å². The number of thioether (sulfide) groups is 1. The number of carbonyl (C=O) groups excluding carboxylic acids is 2. The minimum absolute atomic E-state index is 0.0790. The van der Waals surface area contributed by atoms with E-state index in [-0.39, 0.29) is 17.6 Å². The first-order valence-corrected chi connectivity index (χ1v) is 8.66. The molecule has 0 aliphatic heterocycles. The summed E-state index contributed by atoms with van der Waals surface area (Å²) in [6, 6.07) is 15.1. The summed E-state index contributed by atoms with van der Waals surface area (Å²) in [6.07, 6.45) is 0. The van der Waals surface area contributed by atoms with Crippen LogP contribution >= 0.6 is 34.4 Å². The molecule has 0 aliphatic rings. The maximum atomic E-state index is 12.0. The molecule has 0 heterocycles. The maximum Gasteiger partial charge on any atom is 0.234 e. The van der Waals surface area contributed by atoms with Crippen LogP contribution in [0.1, 0.15) is 6.92 Å². The standard InChI is InChI=1S/C16H15IN2O2S/c1-11(20)18-14-7-2-3-8-15(14)22-10-16(21)19-13-6-4-5-12(17)9-13/h2-9H,10H2,1H3,(H,18,20)(H,19,21). The highest BCUT2D eigenvalue weighted by Gasteiger charge is 2.08. The number of benzene rings is 2. The van der Waals surface area contributed by atoms with E-state index in [2.05, 4.69) is 33.2 Å². The largest absolute Gasteiger partial charge is 0.325 e. The molecule has 0 bridgehead atoms. The van der Waals surface area contributed by atoms with Crippen LogP contribution in [0.25, 0.3) is 0 Å². The monoisotopic (exact) mass is 426 g/mol. The van der Waals surface area contributed by atoms with E-state index < -0.39 is 0 Å². The van der Waals surface area contributed by atoms with Gasteiger partial charge in [0, 0.05) is 21.1 Å². The first kappa shape index (κ1) is 16.8. The third-order valence-corrected chi connectivity index (χ3v) is 4.41. The van der Waals surface area contributed by atoms with E-state index in [1.54, 1.807) is 0 Å². The Hall–Kier alpha value is -1.54. The fourth-order valence-corrected chi connectivity index (χ4v) is 3.14. The number of rotatable bonds is 5. The SMILES string of the molecule is CC(=O)Nc1ccccc1SCC(=O)Nc1cccc(I)c1. The van der Waals surface area contributed by atoms with Crippen molar-refractivity contribution >= 4 is 57.5 Å². The van der Waals surface area contributed by atoms with Crippen LogP contribution in [0.4, 0.5) is 11.4 Å². The molecule has 0 spiro atoms. The first-order valence-electron chi connectivity index (χ1n) is 6.59. The lowest BCUT2D eigenvalue weighted by molar-refractivity contribution is -0.114. The molecule has 2 aromatic rings. The highest BCUT2D eigenvalue weighted by atomic mass is 127. The lowest BCUT2D eigenvalue weighted by atomic mass is 10.3. The number of hydrogen-bond acceptors (Lipinski definition) is 3. The minimum atomic E-state index is -0.128. The summed E-state index contributed by atoms with van der Waals surface area (Å²) in [6.45, 7) is 1.46. The van der Waals surface area contributed by atoms with Crippen molar-refractivity contribution in [2.24, 2.45) is 0 Å². The Bertz CT molecular complexity index is 691. The van der Waals surface area contributed by atoms with Gasteiger partial charge in [-0.1, -0.05) is 18.2 Å². The molecule has 2 aromatic carbocycles. The zero-order valence-corrected chi connectivity index (χ0v) is 14.9. The van der Waals surface area contributed by atoms with Gasteiger partial charge in [-0.05, 0) is 52.9 Å². The van der Waals surface area contributed by atoms with Crippen LogP contribution in [-0.4, -0.2) is 17.6 Å². The number of nitrogens with one attached hydrogen (secondary N) is 2. The summed E-state index contributed by atoms with van der Waals surface area (Å²) in [5.41, 5.74) is 1.51. The van der Waals surface area contributed by atoms with Crippen LogP contribution in [0, 0.1) is 3.57 Å². The van der Waals surface area contributed by atoms with E-state index in [1.165, 1.54) is 18.7 Å². The maximum absolute atomic E-state index is 12.0. The fourth-order valence-electron chi connectivity index (χ4n) is 1.79. The van der Waals surface area contributed by atoms with Crippen LogP contribution in [0.2, 0.25) is 0 Å². The molecule has 0 atom stereocenters. The fraction of sp³-hybridized carbons (Fsp3) is 0.125. The van der Waals surface area contributed by atoms with Gasteiger partial charge in [-0.15, -0.1) is 11.8 Å². The Morgan fingerprint density at radius 2 is 1.86 bits per heavy atom. The van der Waals surface area contributed by atoms with Crippen molar-refractivity contribution in [3.8, 4) is 0 Å². The van der Waals surface area contributed by atoms with Gasteiger partial charge in [0.05, 0.1) is 11.4 Å². The Morgan fingerprint density at radius 3 is 2.59 bits per heavy atom. The number of carbonyl (C=O) groups is 2. The average molecular weight is 426 g/mol. The highest BCUT2D eigenvalue weighted by Crippen LogP contribution is 2.27. The predicted molar refractivity (Wildman–Crippen MR) is 99.3 cm³/mol. The lowest BCUT2D eigenvalue weighted by Gasteiger charge is -2.09. The van der Waals surface area contributed by atoms with Gasteiger partial charge in [-0.3, -0.25) is 9.59 Å². The van der Waals surface area contributed by atoms with Crippen molar-refractivity contribution in [2.45, 2.75) is 11.8 Å². The van der Waals surface area contributed by atoms with Crippen LogP contribution in [0.3, 0.4) is 0 Å². The second-order valence-corrected chi connectivity index (χ2v) is 6.79. The van der Waals surface area contributed by atoms with Gasteiger partial charge in [0.1, 0.15) is 0 Å². The van der Waals surface area contributed by atoms with Gasteiger partial charge in [0.2, 0.25) is 11.8 Å². The molecule has 22 heavy (non-hydrogen) atoms. The van der Waals surface area contributed by atoms with E-state index in [4.69, 9.17) is 0 Å². The van der Waals surface area contributed by atoms with Gasteiger partial charge in [-0.25, -0.2) is 0 Å². The first-order chi connectivity index (χ1) is 10.5. The van der Waals surface area contributed by atoms with Crippen molar-refractivity contribution in [2.75, 3.05) is 16.4 Å². The molecule has 0 unspecified atom stereocenters. The predicted octanol–water partition coefficient (Wildman–Crippen LogP) is 3.98. The molecule has 0 aliphatic carbocycles. The summed E-state index contributed by atoms with van der Waals surface area (Å²) in [4.78, 5) is 24.1. The number of para-hydroxylation sites is 1. The number of hydrogen-bond donors (Lipinski definition) is 2. The van der Waals surface area contributed by atoms with Crippen molar-refractivity contribution < 1.29 is 9.59 Å². The Labute approximate surface area is 147 Å². The number of anilines is 2. The normalized spacial score (nSPS) is 10.1. The second kappa shape index (κ2) is 8.19. The van der Waals surface area contributed by atoms with E-state index in [9.17, 15) is 9.59 Å². The molecular weight excluding hydrogens is 411 g/mol. The Morgan fingerprint density at radius 1 is 1.09 bits per heavy atom. The van der Waals surface area contributed by atoms with Gasteiger partial charge in [-0.2, -0.15) is 0 Å². The minimum Gasteiger partial charge on any atom is -0.325 e. The molecule has 2 amide bonds. The molecule has 6 heteroatoms. The molecule has 4 nitrogen and oxygen atoms in total. The van der Waals surface area contributed by atoms with Crippen LogP contribution in [0.15, 0.2) is 53.4 Å². The van der Waals surface area contributed by atoms with Crippen LogP contribution in [0.5, 0.6) is 0 Å².